The zero-order valence-electron chi connectivity index (χ0n) is 25.9. The Morgan fingerprint density at radius 1 is 0.911 bits per heavy atom. The lowest BCUT2D eigenvalue weighted by Gasteiger charge is -2.30. The van der Waals surface area contributed by atoms with E-state index < -0.39 is 11.6 Å². The van der Waals surface area contributed by atoms with Gasteiger partial charge in [0.2, 0.25) is 5.90 Å². The molecule has 7 nitrogen and oxygen atoms in total. The molecule has 0 aliphatic carbocycles. The molecule has 45 heavy (non-hydrogen) atoms. The van der Waals surface area contributed by atoms with Crippen LogP contribution >= 0.6 is 0 Å². The van der Waals surface area contributed by atoms with Crippen molar-refractivity contribution in [3.63, 3.8) is 0 Å². The smallest absolute Gasteiger partial charge is 0.266 e. The zero-order valence-corrected chi connectivity index (χ0v) is 25.9. The quantitative estimate of drug-likeness (QED) is 0.110. The number of aliphatic hydroxyl groups excluding tert-OH is 1. The summed E-state index contributed by atoms with van der Waals surface area (Å²) in [5.74, 6) is 1.15. The lowest BCUT2D eigenvalue weighted by atomic mass is 9.84. The maximum Gasteiger partial charge on any atom is 0.266 e. The molecule has 7 heteroatoms. The number of hydrogen-bond acceptors (Lipinski definition) is 6. The molecule has 4 aromatic rings. The van der Waals surface area contributed by atoms with Gasteiger partial charge in [-0.3, -0.25) is 10.2 Å². The number of aliphatic hydroxyl groups is 1. The van der Waals surface area contributed by atoms with Crippen molar-refractivity contribution in [2.75, 3.05) is 19.8 Å². The van der Waals surface area contributed by atoms with Crippen LogP contribution in [-0.4, -0.2) is 42.2 Å². The maximum absolute atomic E-state index is 14.2. The van der Waals surface area contributed by atoms with Gasteiger partial charge in [0.15, 0.2) is 11.6 Å². The number of nitrogens with one attached hydrogen (secondary N) is 2. The van der Waals surface area contributed by atoms with Crippen molar-refractivity contribution in [1.29, 1.82) is 0 Å². The van der Waals surface area contributed by atoms with Crippen LogP contribution in [0.1, 0.15) is 49.5 Å². The van der Waals surface area contributed by atoms with Crippen LogP contribution in [0, 0.1) is 5.92 Å². The highest BCUT2D eigenvalue weighted by Crippen LogP contribution is 2.43. The van der Waals surface area contributed by atoms with Crippen molar-refractivity contribution >= 4 is 17.9 Å². The molecule has 1 heterocycles. The molecule has 0 spiro atoms. The van der Waals surface area contributed by atoms with Gasteiger partial charge >= 0.3 is 0 Å². The Kier molecular flexibility index (Phi) is 10.8. The van der Waals surface area contributed by atoms with Gasteiger partial charge < -0.3 is 14.6 Å². The molecule has 0 unspecified atom stereocenters. The summed E-state index contributed by atoms with van der Waals surface area (Å²) >= 11 is 0. The Balaban J connectivity index is 1.52. The molecule has 0 aromatic heterocycles. The minimum atomic E-state index is -1.28. The van der Waals surface area contributed by atoms with Gasteiger partial charge in [0.25, 0.3) is 5.91 Å². The Morgan fingerprint density at radius 3 is 2.22 bits per heavy atom. The van der Waals surface area contributed by atoms with E-state index in [1.807, 2.05) is 97.1 Å². The van der Waals surface area contributed by atoms with Gasteiger partial charge in [-0.1, -0.05) is 111 Å². The number of hydrazine groups is 1. The summed E-state index contributed by atoms with van der Waals surface area (Å²) in [6, 6.07) is 35.8. The maximum atomic E-state index is 14.2. The first kappa shape index (κ1) is 31.7. The summed E-state index contributed by atoms with van der Waals surface area (Å²) in [4.78, 5) is 19.3. The molecule has 0 radical (unpaired) electrons. The fourth-order valence-electron chi connectivity index (χ4n) is 5.18. The lowest BCUT2D eigenvalue weighted by Crippen LogP contribution is -2.53. The van der Waals surface area contributed by atoms with Crippen LogP contribution in [0.25, 0.3) is 17.2 Å². The Bertz CT molecular complexity index is 1570. The predicted octanol–water partition coefficient (Wildman–Crippen LogP) is 6.75. The van der Waals surface area contributed by atoms with Crippen LogP contribution in [0.15, 0.2) is 120 Å². The lowest BCUT2D eigenvalue weighted by molar-refractivity contribution is -0.129. The summed E-state index contributed by atoms with van der Waals surface area (Å²) < 4.78 is 12.4. The molecule has 0 saturated carbocycles. The highest BCUT2D eigenvalue weighted by atomic mass is 16.5. The van der Waals surface area contributed by atoms with Gasteiger partial charge in [0.05, 0.1) is 6.61 Å². The fourth-order valence-corrected chi connectivity index (χ4v) is 5.18. The monoisotopic (exact) mass is 603 g/mol. The average Bonchev–Trinajstić information content (AvgIpc) is 3.47. The van der Waals surface area contributed by atoms with E-state index in [1.54, 1.807) is 0 Å². The molecule has 2 atom stereocenters. The van der Waals surface area contributed by atoms with E-state index in [9.17, 15) is 4.79 Å². The van der Waals surface area contributed by atoms with Crippen LogP contribution in [-0.2, 0) is 9.53 Å². The summed E-state index contributed by atoms with van der Waals surface area (Å²) in [5.41, 5.74) is 9.58. The SMILES string of the molecule is CC(C)CNNC(=O)[C@@]1(C/C=C/c2ccccc2)N=C(c2ccc(OCCCO)cc2)O[C@H]1c1ccc(-c2ccccc2)cc1. The molecule has 0 fully saturated rings. The van der Waals surface area contributed by atoms with Gasteiger partial charge in [-0.15, -0.1) is 0 Å². The highest BCUT2D eigenvalue weighted by molar-refractivity contribution is 6.01. The van der Waals surface area contributed by atoms with E-state index in [4.69, 9.17) is 19.6 Å². The normalized spacial score (nSPS) is 17.7. The van der Waals surface area contributed by atoms with Gasteiger partial charge in [-0.05, 0) is 52.4 Å². The van der Waals surface area contributed by atoms with Gasteiger partial charge in [-0.25, -0.2) is 10.4 Å². The molecule has 1 aliphatic rings. The van der Waals surface area contributed by atoms with E-state index in [0.717, 1.165) is 27.8 Å². The second-order valence-corrected chi connectivity index (χ2v) is 11.5. The Morgan fingerprint density at radius 2 is 1.56 bits per heavy atom. The zero-order chi connectivity index (χ0) is 31.5. The summed E-state index contributed by atoms with van der Waals surface area (Å²) in [7, 11) is 0. The first-order valence-electron chi connectivity index (χ1n) is 15.5. The van der Waals surface area contributed by atoms with Crippen LogP contribution in [0.3, 0.4) is 0 Å². The van der Waals surface area contributed by atoms with E-state index >= 15 is 0 Å². The van der Waals surface area contributed by atoms with Crippen LogP contribution < -0.4 is 15.6 Å². The molecule has 3 N–H and O–H groups in total. The third kappa shape index (κ3) is 8.06. The summed E-state index contributed by atoms with van der Waals surface area (Å²) in [6.07, 6.45) is 4.20. The first-order valence-corrected chi connectivity index (χ1v) is 15.5. The van der Waals surface area contributed by atoms with Crippen LogP contribution in [0.5, 0.6) is 5.75 Å². The molecule has 4 aromatic carbocycles. The number of ether oxygens (including phenoxy) is 2. The number of benzene rings is 4. The van der Waals surface area contributed by atoms with E-state index in [2.05, 4.69) is 49.0 Å². The number of nitrogens with zero attached hydrogens (tertiary/aromatic N) is 1. The second kappa shape index (κ2) is 15.3. The highest BCUT2D eigenvalue weighted by Gasteiger charge is 2.52. The fraction of sp³-hybridized carbons (Fsp3) is 0.263. The number of amides is 1. The predicted molar refractivity (Wildman–Crippen MR) is 180 cm³/mol. The molecule has 1 aliphatic heterocycles. The molecular formula is C38H41N3O4. The van der Waals surface area contributed by atoms with Crippen molar-refractivity contribution in [3.8, 4) is 16.9 Å². The number of carbonyl (C=O) groups excluding carboxylic acids is 1. The van der Waals surface area contributed by atoms with Crippen molar-refractivity contribution in [2.45, 2.75) is 38.3 Å². The third-order valence-corrected chi connectivity index (χ3v) is 7.60. The third-order valence-electron chi connectivity index (χ3n) is 7.60. The first-order chi connectivity index (χ1) is 22.0. The minimum absolute atomic E-state index is 0.0747. The molecule has 1 amide bonds. The molecule has 5 rings (SSSR count). The van der Waals surface area contributed by atoms with Crippen LogP contribution in [0.4, 0.5) is 0 Å². The van der Waals surface area contributed by atoms with Crippen molar-refractivity contribution in [1.82, 2.24) is 10.9 Å². The van der Waals surface area contributed by atoms with Gasteiger partial charge in [0.1, 0.15) is 5.75 Å². The molecular weight excluding hydrogens is 562 g/mol. The van der Waals surface area contributed by atoms with Crippen molar-refractivity contribution in [3.05, 3.63) is 132 Å². The van der Waals surface area contributed by atoms with Gasteiger partial charge in [0, 0.05) is 31.6 Å². The van der Waals surface area contributed by atoms with Crippen LogP contribution in [0.2, 0.25) is 0 Å². The van der Waals surface area contributed by atoms with Gasteiger partial charge in [-0.2, -0.15) is 0 Å². The molecule has 0 bridgehead atoms. The second-order valence-electron chi connectivity index (χ2n) is 11.5. The van der Waals surface area contributed by atoms with Crippen molar-refractivity contribution < 1.29 is 19.4 Å². The van der Waals surface area contributed by atoms with E-state index in [1.165, 1.54) is 0 Å². The number of aliphatic imine (C=N–C) groups is 1. The van der Waals surface area contributed by atoms with E-state index in [-0.39, 0.29) is 12.5 Å². The Hall–Kier alpha value is -4.72. The topological polar surface area (TPSA) is 92.2 Å². The number of hydrogen-bond donors (Lipinski definition) is 3. The summed E-state index contributed by atoms with van der Waals surface area (Å²) in [5, 5.41) is 9.07. The van der Waals surface area contributed by atoms with E-state index in [0.29, 0.717) is 43.6 Å². The largest absolute Gasteiger partial charge is 0.494 e. The molecule has 0 saturated heterocycles. The summed E-state index contributed by atoms with van der Waals surface area (Å²) in [6.45, 7) is 5.29. The Labute approximate surface area is 265 Å². The average molecular weight is 604 g/mol. The molecule has 232 valence electrons. The number of rotatable bonds is 14. The van der Waals surface area contributed by atoms with Crippen molar-refractivity contribution in [2.24, 2.45) is 10.9 Å². The standard InChI is InChI=1S/C38H41N3O4/c1-28(2)27-39-41-37(43)38(24-9-13-29-11-5-3-6-12-29)35(32-18-16-31(17-19-32)30-14-7-4-8-15-30)45-36(40-38)33-20-22-34(23-21-33)44-26-10-25-42/h3-9,11-23,28,35,39,42H,10,24-27H2,1-2H3,(H,41,43)/b13-9+/t35-,38-/m0/s1. The minimum Gasteiger partial charge on any atom is -0.494 e. The number of carbonyl (C=O) groups is 1.